The number of carbonyl (C=O) groups is 1. The third-order valence-electron chi connectivity index (χ3n) is 4.92. The van der Waals surface area contributed by atoms with Crippen LogP contribution in [-0.4, -0.2) is 57.5 Å². The average Bonchev–Trinajstić information content (AvgIpc) is 3.01. The first-order valence-electron chi connectivity index (χ1n) is 10.9. The molecule has 0 aliphatic carbocycles. The minimum Gasteiger partial charge on any atom is -0.462 e. The number of aliphatic hydroxyl groups is 1. The number of alkyl halides is 2. The molecule has 1 aliphatic rings. The van der Waals surface area contributed by atoms with Crippen LogP contribution in [0.25, 0.3) is 0 Å². The highest BCUT2D eigenvalue weighted by Crippen LogP contribution is 2.48. The van der Waals surface area contributed by atoms with Crippen molar-refractivity contribution in [3.8, 4) is 5.75 Å². The van der Waals surface area contributed by atoms with E-state index >= 15 is 0 Å². The van der Waals surface area contributed by atoms with Gasteiger partial charge < -0.3 is 24.8 Å². The number of ether oxygens (including phenoxy) is 2. The number of aromatic nitrogens is 2. The van der Waals surface area contributed by atoms with Gasteiger partial charge in [0.25, 0.3) is 0 Å². The summed E-state index contributed by atoms with van der Waals surface area (Å²) in [6.45, 7) is 3.74. The number of anilines is 1. The Hall–Kier alpha value is -2.90. The molecule has 15 heteroatoms. The molecule has 0 amide bonds. The molecule has 0 saturated carbocycles. The van der Waals surface area contributed by atoms with Gasteiger partial charge in [-0.3, -0.25) is 13.9 Å². The van der Waals surface area contributed by atoms with Crippen molar-refractivity contribution in [1.29, 1.82) is 0 Å². The summed E-state index contributed by atoms with van der Waals surface area (Å²) in [6.07, 6.45) is -5.91. The summed E-state index contributed by atoms with van der Waals surface area (Å²) in [6, 6.07) is 7.70. The number of benzene rings is 1. The summed E-state index contributed by atoms with van der Waals surface area (Å²) >= 11 is 0. The van der Waals surface area contributed by atoms with Gasteiger partial charge in [0.15, 0.2) is 6.10 Å². The smallest absolute Gasteiger partial charge is 0.459 e. The van der Waals surface area contributed by atoms with Crippen LogP contribution in [0.3, 0.4) is 0 Å². The van der Waals surface area contributed by atoms with Gasteiger partial charge >= 0.3 is 25.3 Å². The predicted molar refractivity (Wildman–Crippen MR) is 122 cm³/mol. The number of hydrogen-bond donors (Lipinski definition) is 3. The van der Waals surface area contributed by atoms with Crippen LogP contribution in [0.2, 0.25) is 0 Å². The summed E-state index contributed by atoms with van der Waals surface area (Å²) in [5.41, 5.74) is 4.27. The molecular formula is C21H27F2N4O8P. The van der Waals surface area contributed by atoms with Crippen LogP contribution >= 0.6 is 7.75 Å². The largest absolute Gasteiger partial charge is 0.462 e. The molecule has 1 saturated heterocycles. The molecule has 1 unspecified atom stereocenters. The molecule has 1 aromatic heterocycles. The van der Waals surface area contributed by atoms with Crippen LogP contribution in [0, 0.1) is 0 Å². The number of esters is 1. The van der Waals surface area contributed by atoms with Crippen LogP contribution in [-0.2, 0) is 23.4 Å². The standard InChI is InChI=1S/C21H27F2N4O8P/c1-12(2)33-18(29)13(3)26-36(31,35-14-7-5-4-6-8-14)32-11-15-17(28)21(22,23)19(34-15)27-10-9-16(24)25-20(27)30/h4-10,12-13,15,17,19,28H,11H2,1-3H3,(H,26,31)(H2,24,25,30)/t13-,15-,17-,19-,36?/m1/s1. The SMILES string of the molecule is CC(C)OC(=O)[C@@H](C)NP(=O)(OC[C@H]1O[C@@H](n2ccc(N)nc2=O)C(F)(F)[C@@H]1O)Oc1ccccc1. The maximum atomic E-state index is 14.8. The van der Waals surface area contributed by atoms with Gasteiger partial charge in [0.05, 0.1) is 12.7 Å². The van der Waals surface area contributed by atoms with E-state index in [1.807, 2.05) is 0 Å². The first kappa shape index (κ1) is 27.7. The lowest BCUT2D eigenvalue weighted by molar-refractivity contribution is -0.149. The van der Waals surface area contributed by atoms with E-state index in [9.17, 15) is 28.0 Å². The van der Waals surface area contributed by atoms with E-state index in [1.54, 1.807) is 32.0 Å². The number of aliphatic hydroxyl groups excluding tert-OH is 1. The molecule has 4 N–H and O–H groups in total. The van der Waals surface area contributed by atoms with Gasteiger partial charge in [-0.1, -0.05) is 18.2 Å². The van der Waals surface area contributed by atoms with Gasteiger partial charge in [-0.2, -0.15) is 18.9 Å². The molecule has 1 fully saturated rings. The predicted octanol–water partition coefficient (Wildman–Crippen LogP) is 1.85. The quantitative estimate of drug-likeness (QED) is 0.302. The lowest BCUT2D eigenvalue weighted by atomic mass is 10.1. The molecule has 2 aromatic rings. The second-order valence-corrected chi connectivity index (χ2v) is 9.92. The summed E-state index contributed by atoms with van der Waals surface area (Å²) in [7, 11) is -4.41. The number of nitrogens with two attached hydrogens (primary N) is 1. The van der Waals surface area contributed by atoms with Crippen LogP contribution in [0.5, 0.6) is 5.75 Å². The Bertz CT molecular complexity index is 1170. The van der Waals surface area contributed by atoms with E-state index in [2.05, 4.69) is 10.1 Å². The van der Waals surface area contributed by atoms with Gasteiger partial charge in [0.1, 0.15) is 23.7 Å². The van der Waals surface area contributed by atoms with Crippen molar-refractivity contribution in [3.63, 3.8) is 0 Å². The van der Waals surface area contributed by atoms with Crippen molar-refractivity contribution >= 4 is 19.5 Å². The highest BCUT2D eigenvalue weighted by Gasteiger charge is 2.60. The minimum atomic E-state index is -4.41. The first-order chi connectivity index (χ1) is 16.8. The average molecular weight is 532 g/mol. The van der Waals surface area contributed by atoms with Gasteiger partial charge in [-0.15, -0.1) is 0 Å². The molecule has 0 spiro atoms. The van der Waals surface area contributed by atoms with Crippen molar-refractivity contribution in [2.75, 3.05) is 12.3 Å². The van der Waals surface area contributed by atoms with Gasteiger partial charge in [-0.25, -0.2) is 9.36 Å². The lowest BCUT2D eigenvalue weighted by Crippen LogP contribution is -2.42. The minimum absolute atomic E-state index is 0.0911. The third-order valence-corrected chi connectivity index (χ3v) is 6.56. The monoisotopic (exact) mass is 532 g/mol. The fourth-order valence-electron chi connectivity index (χ4n) is 3.22. The van der Waals surface area contributed by atoms with Gasteiger partial charge in [0.2, 0.25) is 6.23 Å². The van der Waals surface area contributed by atoms with Crippen molar-refractivity contribution < 1.29 is 41.8 Å². The highest BCUT2D eigenvalue weighted by atomic mass is 31.2. The Labute approximate surface area is 204 Å². The van der Waals surface area contributed by atoms with Crippen LogP contribution < -0.4 is 21.0 Å². The number of hydrogen-bond acceptors (Lipinski definition) is 10. The molecule has 0 radical (unpaired) electrons. The van der Waals surface area contributed by atoms with E-state index in [0.717, 1.165) is 12.3 Å². The molecule has 2 heterocycles. The van der Waals surface area contributed by atoms with Gasteiger partial charge in [0, 0.05) is 6.20 Å². The summed E-state index contributed by atoms with van der Waals surface area (Å²) in [5, 5.41) is 12.6. The number of halogens is 2. The molecule has 1 aliphatic heterocycles. The first-order valence-corrected chi connectivity index (χ1v) is 12.4. The lowest BCUT2D eigenvalue weighted by Gasteiger charge is -2.25. The fourth-order valence-corrected chi connectivity index (χ4v) is 4.72. The number of para-hydroxylation sites is 1. The number of carbonyl (C=O) groups excluding carboxylic acids is 1. The normalized spacial score (nSPS) is 23.7. The second kappa shape index (κ2) is 11.0. The van der Waals surface area contributed by atoms with E-state index < -0.39 is 62.5 Å². The zero-order valence-corrected chi connectivity index (χ0v) is 20.5. The van der Waals surface area contributed by atoms with Crippen LogP contribution in [0.15, 0.2) is 47.4 Å². The summed E-state index contributed by atoms with van der Waals surface area (Å²) < 4.78 is 64.6. The maximum Gasteiger partial charge on any atom is 0.459 e. The van der Waals surface area contributed by atoms with Crippen molar-refractivity contribution in [3.05, 3.63) is 53.1 Å². The van der Waals surface area contributed by atoms with Crippen molar-refractivity contribution in [2.24, 2.45) is 0 Å². The van der Waals surface area contributed by atoms with E-state index in [1.165, 1.54) is 19.1 Å². The Kier molecular flexibility index (Phi) is 8.47. The Morgan fingerprint density at radius 3 is 2.58 bits per heavy atom. The number of nitrogens with zero attached hydrogens (tertiary/aromatic N) is 2. The van der Waals surface area contributed by atoms with Crippen molar-refractivity contribution in [2.45, 2.75) is 57.3 Å². The Morgan fingerprint density at radius 2 is 1.97 bits per heavy atom. The van der Waals surface area contributed by atoms with Crippen LogP contribution in [0.4, 0.5) is 14.6 Å². The highest BCUT2D eigenvalue weighted by molar-refractivity contribution is 7.52. The van der Waals surface area contributed by atoms with Crippen LogP contribution in [0.1, 0.15) is 27.0 Å². The Morgan fingerprint density at radius 1 is 1.31 bits per heavy atom. The number of rotatable bonds is 10. The molecule has 36 heavy (non-hydrogen) atoms. The molecule has 3 rings (SSSR count). The molecule has 198 valence electrons. The zero-order valence-electron chi connectivity index (χ0n) is 19.6. The third kappa shape index (κ3) is 6.45. The summed E-state index contributed by atoms with van der Waals surface area (Å²) in [4.78, 5) is 27.6. The van der Waals surface area contributed by atoms with E-state index in [4.69, 9.17) is 24.3 Å². The fraction of sp³-hybridized carbons (Fsp3) is 0.476. The molecule has 5 atom stereocenters. The topological polar surface area (TPSA) is 164 Å². The number of nitrogens with one attached hydrogen (secondary N) is 1. The molecule has 0 bridgehead atoms. The molecule has 1 aromatic carbocycles. The van der Waals surface area contributed by atoms with E-state index in [0.29, 0.717) is 4.57 Å². The number of nitrogen functional groups attached to an aromatic ring is 1. The van der Waals surface area contributed by atoms with E-state index in [-0.39, 0.29) is 11.6 Å². The maximum absolute atomic E-state index is 14.8. The summed E-state index contributed by atoms with van der Waals surface area (Å²) in [5.74, 6) is -4.80. The second-order valence-electron chi connectivity index (χ2n) is 8.22. The molecular weight excluding hydrogens is 505 g/mol. The zero-order chi connectivity index (χ0) is 26.7. The molecule has 12 nitrogen and oxygen atoms in total. The Balaban J connectivity index is 1.79. The van der Waals surface area contributed by atoms with Gasteiger partial charge in [-0.05, 0) is 39.0 Å². The van der Waals surface area contributed by atoms with Crippen molar-refractivity contribution in [1.82, 2.24) is 14.6 Å².